The molecule has 0 saturated carbocycles. The summed E-state index contributed by atoms with van der Waals surface area (Å²) in [4.78, 5) is 47.1. The highest BCUT2D eigenvalue weighted by Crippen LogP contribution is 2.56. The van der Waals surface area contributed by atoms with Gasteiger partial charge < -0.3 is 9.47 Å². The molecule has 2 aliphatic rings. The van der Waals surface area contributed by atoms with Crippen LogP contribution in [0, 0.1) is 0 Å². The van der Waals surface area contributed by atoms with Gasteiger partial charge in [0.05, 0.1) is 16.7 Å². The number of fused-ring (bicyclic) bond motifs is 2. The molecule has 4 rings (SSSR count). The second-order valence-corrected chi connectivity index (χ2v) is 6.94. The average molecular weight is 458 g/mol. The van der Waals surface area contributed by atoms with Crippen LogP contribution in [0.5, 0.6) is 0 Å². The van der Waals surface area contributed by atoms with Crippen molar-refractivity contribution in [2.75, 3.05) is 6.61 Å². The highest BCUT2D eigenvalue weighted by Gasteiger charge is 2.72. The normalized spacial score (nSPS) is 16.4. The number of ketones is 1. The molecule has 0 spiro atoms. The first kappa shape index (κ1) is 21.5. The number of ether oxygens (including phenoxy) is 2. The van der Waals surface area contributed by atoms with Crippen LogP contribution in [0.1, 0.15) is 52.6 Å². The molecule has 0 radical (unpaired) electrons. The summed E-state index contributed by atoms with van der Waals surface area (Å²) in [5, 5.41) is 0. The maximum absolute atomic E-state index is 14.3. The minimum absolute atomic E-state index is 0.291. The number of benzene rings is 2. The zero-order valence-electron chi connectivity index (χ0n) is 15.4. The third kappa shape index (κ3) is 2.82. The summed E-state index contributed by atoms with van der Waals surface area (Å²) in [5.74, 6) is -4.66. The van der Waals surface area contributed by atoms with Crippen LogP contribution in [-0.4, -0.2) is 42.7 Å². The molecule has 0 atom stereocenters. The summed E-state index contributed by atoms with van der Waals surface area (Å²) in [6.45, 7) is -0.840. The van der Waals surface area contributed by atoms with Crippen molar-refractivity contribution in [3.63, 3.8) is 0 Å². The lowest BCUT2D eigenvalue weighted by Crippen LogP contribution is -2.55. The summed E-state index contributed by atoms with van der Waals surface area (Å²) < 4.78 is 94.5. The van der Waals surface area contributed by atoms with Gasteiger partial charge in [-0.05, 0) is 35.4 Å². The van der Waals surface area contributed by atoms with Crippen LogP contribution in [0.4, 0.5) is 26.3 Å². The molecule has 6 nitrogen and oxygen atoms in total. The molecule has 2 heterocycles. The summed E-state index contributed by atoms with van der Waals surface area (Å²) >= 11 is 0. The van der Waals surface area contributed by atoms with Crippen molar-refractivity contribution in [2.45, 2.75) is 17.8 Å². The van der Waals surface area contributed by atoms with E-state index in [-0.39, 0.29) is 0 Å². The number of hydrogen-bond acceptors (Lipinski definition) is 6. The molecule has 0 aromatic heterocycles. The Hall–Kier alpha value is -3.70. The first-order valence-corrected chi connectivity index (χ1v) is 8.68. The summed E-state index contributed by atoms with van der Waals surface area (Å²) in [6.07, 6.45) is -12.0. The number of carbonyl (C=O) groups excluding carboxylic acids is 4. The largest absolute Gasteiger partial charge is 0.454 e. The fourth-order valence-corrected chi connectivity index (χ4v) is 3.77. The predicted octanol–water partition coefficient (Wildman–Crippen LogP) is 3.76. The number of hydrogen-bond donors (Lipinski definition) is 0. The molecule has 0 N–H and O–H groups in total. The second-order valence-electron chi connectivity index (χ2n) is 6.94. The van der Waals surface area contributed by atoms with Gasteiger partial charge in [0.1, 0.15) is 0 Å². The molecule has 32 heavy (non-hydrogen) atoms. The van der Waals surface area contributed by atoms with Gasteiger partial charge in [-0.2, -0.15) is 26.3 Å². The minimum atomic E-state index is -6.02. The third-order valence-corrected chi connectivity index (χ3v) is 5.24. The maximum Gasteiger partial charge on any atom is 0.411 e. The first-order valence-electron chi connectivity index (χ1n) is 8.68. The molecule has 12 heteroatoms. The van der Waals surface area contributed by atoms with Gasteiger partial charge in [0, 0.05) is 5.56 Å². The Morgan fingerprint density at radius 1 is 0.625 bits per heavy atom. The highest BCUT2D eigenvalue weighted by atomic mass is 19.4. The standard InChI is InChI=1S/C20H8F6O6/c21-19(22,23)18(20(24,25)26,9-2-4-11-13(6-9)17(30)32-16(11)29)8-1-3-10-12(5-8)14(27)7-31-15(10)28/h1-6H,7H2. The van der Waals surface area contributed by atoms with Crippen molar-refractivity contribution in [3.05, 3.63) is 69.8 Å². The van der Waals surface area contributed by atoms with E-state index < -0.39 is 81.4 Å². The van der Waals surface area contributed by atoms with E-state index in [2.05, 4.69) is 9.47 Å². The SMILES string of the molecule is O=C1COC(=O)c2ccc(C(c3ccc4c(c3)C(=O)OC4=O)(C(F)(F)F)C(F)(F)F)cc21. The summed E-state index contributed by atoms with van der Waals surface area (Å²) in [5.41, 5.74) is -9.91. The van der Waals surface area contributed by atoms with Crippen LogP contribution in [-0.2, 0) is 14.9 Å². The molecule has 0 unspecified atom stereocenters. The van der Waals surface area contributed by atoms with E-state index in [1.165, 1.54) is 0 Å². The van der Waals surface area contributed by atoms with Crippen molar-refractivity contribution in [2.24, 2.45) is 0 Å². The number of alkyl halides is 6. The Labute approximate surface area is 173 Å². The van der Waals surface area contributed by atoms with Crippen LogP contribution in [0.3, 0.4) is 0 Å². The Morgan fingerprint density at radius 2 is 1.09 bits per heavy atom. The first-order chi connectivity index (χ1) is 14.8. The topological polar surface area (TPSA) is 86.7 Å². The Balaban J connectivity index is 2.06. The molecule has 2 aromatic rings. The summed E-state index contributed by atoms with van der Waals surface area (Å²) in [7, 11) is 0. The van der Waals surface area contributed by atoms with Crippen LogP contribution in [0.15, 0.2) is 36.4 Å². The Morgan fingerprint density at radius 3 is 1.62 bits per heavy atom. The van der Waals surface area contributed by atoms with Crippen molar-refractivity contribution in [1.29, 1.82) is 0 Å². The fourth-order valence-electron chi connectivity index (χ4n) is 3.77. The molecule has 0 aliphatic carbocycles. The lowest BCUT2D eigenvalue weighted by Gasteiger charge is -2.38. The van der Waals surface area contributed by atoms with Crippen molar-refractivity contribution in [1.82, 2.24) is 0 Å². The molecule has 0 fully saturated rings. The average Bonchev–Trinajstić information content (AvgIpc) is 2.97. The number of esters is 3. The molecule has 2 aliphatic heterocycles. The molecule has 0 bridgehead atoms. The van der Waals surface area contributed by atoms with Gasteiger partial charge >= 0.3 is 30.3 Å². The van der Waals surface area contributed by atoms with Crippen LogP contribution < -0.4 is 0 Å². The molecular formula is C20H8F6O6. The van der Waals surface area contributed by atoms with Crippen molar-refractivity contribution >= 4 is 23.7 Å². The van der Waals surface area contributed by atoms with E-state index >= 15 is 0 Å². The van der Waals surface area contributed by atoms with E-state index in [0.29, 0.717) is 36.4 Å². The van der Waals surface area contributed by atoms with E-state index in [9.17, 15) is 45.5 Å². The van der Waals surface area contributed by atoms with Gasteiger partial charge in [0.2, 0.25) is 11.2 Å². The van der Waals surface area contributed by atoms with Gasteiger partial charge in [-0.15, -0.1) is 0 Å². The predicted molar refractivity (Wildman–Crippen MR) is 90.1 cm³/mol. The molecule has 166 valence electrons. The quantitative estimate of drug-likeness (QED) is 0.387. The molecular weight excluding hydrogens is 450 g/mol. The zero-order valence-corrected chi connectivity index (χ0v) is 15.4. The van der Waals surface area contributed by atoms with E-state index in [0.717, 1.165) is 0 Å². The van der Waals surface area contributed by atoms with Crippen molar-refractivity contribution < 1.29 is 55.0 Å². The smallest absolute Gasteiger partial charge is 0.411 e. The monoisotopic (exact) mass is 458 g/mol. The molecule has 0 saturated heterocycles. The van der Waals surface area contributed by atoms with E-state index in [1.807, 2.05) is 0 Å². The zero-order chi connectivity index (χ0) is 23.6. The number of cyclic esters (lactones) is 3. The highest BCUT2D eigenvalue weighted by molar-refractivity contribution is 6.15. The Bertz CT molecular complexity index is 1200. The minimum Gasteiger partial charge on any atom is -0.454 e. The lowest BCUT2D eigenvalue weighted by atomic mass is 9.71. The van der Waals surface area contributed by atoms with E-state index in [4.69, 9.17) is 0 Å². The van der Waals surface area contributed by atoms with Gasteiger partial charge in [0.25, 0.3) is 0 Å². The van der Waals surface area contributed by atoms with Crippen LogP contribution in [0.2, 0.25) is 0 Å². The van der Waals surface area contributed by atoms with Gasteiger partial charge in [-0.1, -0.05) is 12.1 Å². The fraction of sp³-hybridized carbons (Fsp3) is 0.200. The maximum atomic E-state index is 14.3. The number of carbonyl (C=O) groups is 4. The third-order valence-electron chi connectivity index (χ3n) is 5.24. The van der Waals surface area contributed by atoms with Crippen molar-refractivity contribution in [3.8, 4) is 0 Å². The molecule has 2 aromatic carbocycles. The van der Waals surface area contributed by atoms with E-state index in [1.54, 1.807) is 0 Å². The number of halogens is 6. The lowest BCUT2D eigenvalue weighted by molar-refractivity contribution is -0.288. The van der Waals surface area contributed by atoms with Crippen LogP contribution >= 0.6 is 0 Å². The number of Topliss-reactive ketones (excluding diaryl/α,β-unsaturated/α-hetero) is 1. The second kappa shape index (κ2) is 6.65. The molecule has 0 amide bonds. The van der Waals surface area contributed by atoms with Gasteiger partial charge in [-0.3, -0.25) is 4.79 Å². The number of rotatable bonds is 2. The van der Waals surface area contributed by atoms with Gasteiger partial charge in [0.15, 0.2) is 6.61 Å². The summed E-state index contributed by atoms with van der Waals surface area (Å²) in [6, 6.07) is 2.73. The van der Waals surface area contributed by atoms with Gasteiger partial charge in [-0.25, -0.2) is 14.4 Å². The van der Waals surface area contributed by atoms with Crippen LogP contribution in [0.25, 0.3) is 0 Å². The Kier molecular flexibility index (Phi) is 4.47.